The normalized spacial score (nSPS) is 11.7. The summed E-state index contributed by atoms with van der Waals surface area (Å²) in [6.07, 6.45) is 0.214. The largest absolute Gasteiger partial charge is 0.480 e. The van der Waals surface area contributed by atoms with Gasteiger partial charge in [0.2, 0.25) is 0 Å². The topological polar surface area (TPSA) is 66.4 Å². The molecular weight excluding hydrogens is 302 g/mol. The van der Waals surface area contributed by atoms with Crippen LogP contribution in [0.2, 0.25) is 5.02 Å². The van der Waals surface area contributed by atoms with E-state index in [2.05, 4.69) is 5.32 Å². The summed E-state index contributed by atoms with van der Waals surface area (Å²) >= 11 is 6.04. The van der Waals surface area contributed by atoms with Crippen LogP contribution in [0, 0.1) is 6.92 Å². The Morgan fingerprint density at radius 1 is 1.14 bits per heavy atom. The molecule has 0 aliphatic carbocycles. The maximum absolute atomic E-state index is 12.3. The predicted octanol–water partition coefficient (Wildman–Crippen LogP) is 3.07. The first kappa shape index (κ1) is 16.0. The molecular formula is C17H16ClNO3. The van der Waals surface area contributed by atoms with Crippen molar-refractivity contribution in [3.05, 3.63) is 70.2 Å². The summed E-state index contributed by atoms with van der Waals surface area (Å²) < 4.78 is 0. The molecule has 0 spiro atoms. The van der Waals surface area contributed by atoms with Crippen LogP contribution in [-0.2, 0) is 11.2 Å². The van der Waals surface area contributed by atoms with Crippen molar-refractivity contribution in [2.24, 2.45) is 0 Å². The number of halogens is 1. The first-order valence-electron chi connectivity index (χ1n) is 6.81. The van der Waals surface area contributed by atoms with Gasteiger partial charge in [-0.1, -0.05) is 54.1 Å². The molecule has 0 aliphatic heterocycles. The molecule has 0 heterocycles. The minimum absolute atomic E-state index is 0.214. The number of carbonyl (C=O) groups is 2. The Hall–Kier alpha value is -2.33. The van der Waals surface area contributed by atoms with Gasteiger partial charge in [-0.2, -0.15) is 0 Å². The summed E-state index contributed by atoms with van der Waals surface area (Å²) in [7, 11) is 0. The second-order valence-corrected chi connectivity index (χ2v) is 5.39. The Kier molecular flexibility index (Phi) is 5.17. The fourth-order valence-electron chi connectivity index (χ4n) is 2.20. The van der Waals surface area contributed by atoms with Crippen LogP contribution in [-0.4, -0.2) is 23.0 Å². The van der Waals surface area contributed by atoms with E-state index in [1.165, 1.54) is 0 Å². The molecule has 2 N–H and O–H groups in total. The molecule has 0 saturated carbocycles. The van der Waals surface area contributed by atoms with Gasteiger partial charge in [0, 0.05) is 6.42 Å². The van der Waals surface area contributed by atoms with Gasteiger partial charge in [-0.3, -0.25) is 4.79 Å². The minimum atomic E-state index is -1.08. The van der Waals surface area contributed by atoms with E-state index in [1.807, 2.05) is 30.3 Å². The Morgan fingerprint density at radius 2 is 1.82 bits per heavy atom. The van der Waals surface area contributed by atoms with E-state index in [4.69, 9.17) is 11.6 Å². The third-order valence-electron chi connectivity index (χ3n) is 3.34. The molecule has 0 fully saturated rings. The zero-order valence-corrected chi connectivity index (χ0v) is 12.8. The zero-order valence-electron chi connectivity index (χ0n) is 12.0. The minimum Gasteiger partial charge on any atom is -0.480 e. The molecule has 5 heteroatoms. The quantitative estimate of drug-likeness (QED) is 0.890. The van der Waals surface area contributed by atoms with Gasteiger partial charge in [-0.25, -0.2) is 4.79 Å². The summed E-state index contributed by atoms with van der Waals surface area (Å²) in [5.41, 5.74) is 1.85. The van der Waals surface area contributed by atoms with Crippen molar-refractivity contribution in [1.82, 2.24) is 5.32 Å². The molecule has 0 aliphatic rings. The third-order valence-corrected chi connectivity index (χ3v) is 3.65. The zero-order chi connectivity index (χ0) is 16.1. The third kappa shape index (κ3) is 3.86. The molecule has 0 radical (unpaired) electrons. The highest BCUT2D eigenvalue weighted by molar-refractivity contribution is 6.34. The van der Waals surface area contributed by atoms with E-state index in [1.54, 1.807) is 25.1 Å². The molecule has 0 unspecified atom stereocenters. The standard InChI is InChI=1S/C17H16ClNO3/c1-11-6-5-9-13(18)15(11)16(20)19-14(17(21)22)10-12-7-3-2-4-8-12/h2-9,14H,10H2,1H3,(H,19,20)(H,21,22)/t14-/m0/s1. The van der Waals surface area contributed by atoms with E-state index in [9.17, 15) is 14.7 Å². The van der Waals surface area contributed by atoms with Crippen molar-refractivity contribution >= 4 is 23.5 Å². The maximum Gasteiger partial charge on any atom is 0.326 e. The van der Waals surface area contributed by atoms with Gasteiger partial charge < -0.3 is 10.4 Å². The molecule has 2 aromatic carbocycles. The number of rotatable bonds is 5. The van der Waals surface area contributed by atoms with E-state index < -0.39 is 17.9 Å². The monoisotopic (exact) mass is 317 g/mol. The summed E-state index contributed by atoms with van der Waals surface area (Å²) in [6, 6.07) is 13.3. The van der Waals surface area contributed by atoms with Crippen LogP contribution in [0.4, 0.5) is 0 Å². The SMILES string of the molecule is Cc1cccc(Cl)c1C(=O)N[C@@H](Cc1ccccc1)C(=O)O. The Balaban J connectivity index is 2.18. The maximum atomic E-state index is 12.3. The van der Waals surface area contributed by atoms with Gasteiger partial charge in [-0.05, 0) is 24.1 Å². The van der Waals surface area contributed by atoms with E-state index in [0.29, 0.717) is 16.1 Å². The Morgan fingerprint density at radius 3 is 2.41 bits per heavy atom. The number of carboxylic acid groups (broad SMARTS) is 1. The van der Waals surface area contributed by atoms with Crippen molar-refractivity contribution in [2.75, 3.05) is 0 Å². The molecule has 4 nitrogen and oxygen atoms in total. The number of carboxylic acids is 1. The molecule has 2 aromatic rings. The Bertz CT molecular complexity index is 665. The molecule has 0 bridgehead atoms. The number of amides is 1. The second-order valence-electron chi connectivity index (χ2n) is 4.99. The predicted molar refractivity (Wildman–Crippen MR) is 85.2 cm³/mol. The Labute approximate surface area is 133 Å². The number of hydrogen-bond donors (Lipinski definition) is 2. The highest BCUT2D eigenvalue weighted by atomic mass is 35.5. The lowest BCUT2D eigenvalue weighted by Gasteiger charge is -2.16. The average molecular weight is 318 g/mol. The summed E-state index contributed by atoms with van der Waals surface area (Å²) in [5, 5.41) is 12.2. The van der Waals surface area contributed by atoms with Crippen LogP contribution >= 0.6 is 11.6 Å². The first-order valence-corrected chi connectivity index (χ1v) is 7.19. The van der Waals surface area contributed by atoms with Crippen LogP contribution in [0.3, 0.4) is 0 Å². The average Bonchev–Trinajstić information content (AvgIpc) is 2.47. The summed E-state index contributed by atoms with van der Waals surface area (Å²) in [5.74, 6) is -1.56. The second kappa shape index (κ2) is 7.09. The van der Waals surface area contributed by atoms with Gasteiger partial charge in [0.05, 0.1) is 10.6 Å². The summed E-state index contributed by atoms with van der Waals surface area (Å²) in [6.45, 7) is 1.76. The lowest BCUT2D eigenvalue weighted by molar-refractivity contribution is -0.139. The van der Waals surface area contributed by atoms with Crippen molar-refractivity contribution in [1.29, 1.82) is 0 Å². The van der Waals surface area contributed by atoms with Crippen molar-refractivity contribution in [3.63, 3.8) is 0 Å². The van der Waals surface area contributed by atoms with Gasteiger partial charge in [0.15, 0.2) is 0 Å². The first-order chi connectivity index (χ1) is 10.5. The summed E-state index contributed by atoms with van der Waals surface area (Å²) in [4.78, 5) is 23.7. The number of aryl methyl sites for hydroxylation is 1. The number of benzene rings is 2. The molecule has 22 heavy (non-hydrogen) atoms. The van der Waals surface area contributed by atoms with Gasteiger partial charge in [0.1, 0.15) is 6.04 Å². The molecule has 1 amide bonds. The fraction of sp³-hybridized carbons (Fsp3) is 0.176. The molecule has 0 saturated heterocycles. The van der Waals surface area contributed by atoms with Crippen LogP contribution < -0.4 is 5.32 Å². The van der Waals surface area contributed by atoms with Crippen LogP contribution in [0.25, 0.3) is 0 Å². The number of nitrogens with one attached hydrogen (secondary N) is 1. The van der Waals surface area contributed by atoms with Crippen LogP contribution in [0.5, 0.6) is 0 Å². The van der Waals surface area contributed by atoms with E-state index >= 15 is 0 Å². The fourth-order valence-corrected chi connectivity index (χ4v) is 2.51. The van der Waals surface area contributed by atoms with Crippen molar-refractivity contribution in [2.45, 2.75) is 19.4 Å². The molecule has 1 atom stereocenters. The van der Waals surface area contributed by atoms with Gasteiger partial charge in [0.25, 0.3) is 5.91 Å². The van der Waals surface area contributed by atoms with E-state index in [-0.39, 0.29) is 6.42 Å². The number of aliphatic carboxylic acids is 1. The lowest BCUT2D eigenvalue weighted by Crippen LogP contribution is -2.42. The molecule has 0 aromatic heterocycles. The number of hydrogen-bond acceptors (Lipinski definition) is 2. The molecule has 2 rings (SSSR count). The van der Waals surface area contributed by atoms with Crippen LogP contribution in [0.15, 0.2) is 48.5 Å². The van der Waals surface area contributed by atoms with Crippen molar-refractivity contribution in [3.8, 4) is 0 Å². The highest BCUT2D eigenvalue weighted by Crippen LogP contribution is 2.19. The smallest absolute Gasteiger partial charge is 0.326 e. The molecule has 114 valence electrons. The van der Waals surface area contributed by atoms with E-state index in [0.717, 1.165) is 5.56 Å². The van der Waals surface area contributed by atoms with Crippen LogP contribution in [0.1, 0.15) is 21.5 Å². The van der Waals surface area contributed by atoms with Crippen molar-refractivity contribution < 1.29 is 14.7 Å². The van der Waals surface area contributed by atoms with Gasteiger partial charge >= 0.3 is 5.97 Å². The lowest BCUT2D eigenvalue weighted by atomic mass is 10.0. The highest BCUT2D eigenvalue weighted by Gasteiger charge is 2.23. The number of carbonyl (C=O) groups excluding carboxylic acids is 1. The van der Waals surface area contributed by atoms with Gasteiger partial charge in [-0.15, -0.1) is 0 Å².